The van der Waals surface area contributed by atoms with Gasteiger partial charge in [0.05, 0.1) is 16.9 Å². The number of guanidine groups is 1. The topological polar surface area (TPSA) is 96.8 Å². The Balaban J connectivity index is 2.33. The average Bonchev–Trinajstić information content (AvgIpc) is 2.72. The Labute approximate surface area is 104 Å². The van der Waals surface area contributed by atoms with Gasteiger partial charge in [-0.2, -0.15) is 5.10 Å². The molecule has 0 aliphatic rings. The third-order valence-corrected chi connectivity index (χ3v) is 2.41. The molecule has 0 aliphatic carbocycles. The van der Waals surface area contributed by atoms with Gasteiger partial charge >= 0.3 is 0 Å². The van der Waals surface area contributed by atoms with Crippen LogP contribution in [0.2, 0.25) is 0 Å². The van der Waals surface area contributed by atoms with Crippen molar-refractivity contribution >= 4 is 11.9 Å². The molecule has 1 heterocycles. The summed E-state index contributed by atoms with van der Waals surface area (Å²) >= 11 is 0. The monoisotopic (exact) mass is 243 g/mol. The molecular formula is C12H13N5O. The van der Waals surface area contributed by atoms with E-state index in [4.69, 9.17) is 11.1 Å². The van der Waals surface area contributed by atoms with Crippen LogP contribution in [0.3, 0.4) is 0 Å². The summed E-state index contributed by atoms with van der Waals surface area (Å²) in [5.74, 6) is -0.811. The third-order valence-electron chi connectivity index (χ3n) is 2.41. The first-order valence-electron chi connectivity index (χ1n) is 5.35. The Morgan fingerprint density at radius 3 is 2.67 bits per heavy atom. The fourth-order valence-electron chi connectivity index (χ4n) is 1.59. The second kappa shape index (κ2) is 4.70. The van der Waals surface area contributed by atoms with Gasteiger partial charge in [-0.15, -0.1) is 0 Å². The van der Waals surface area contributed by atoms with E-state index in [1.54, 1.807) is 17.8 Å². The van der Waals surface area contributed by atoms with Gasteiger partial charge in [0.1, 0.15) is 0 Å². The summed E-state index contributed by atoms with van der Waals surface area (Å²) in [5, 5.41) is 13.5. The minimum Gasteiger partial charge on any atom is -0.370 e. The number of amides is 1. The Morgan fingerprint density at radius 1 is 1.39 bits per heavy atom. The molecule has 0 bridgehead atoms. The normalized spacial score (nSPS) is 10.1. The van der Waals surface area contributed by atoms with Crippen molar-refractivity contribution in [3.8, 4) is 5.69 Å². The van der Waals surface area contributed by atoms with Crippen LogP contribution in [0.5, 0.6) is 0 Å². The largest absolute Gasteiger partial charge is 0.370 e. The standard InChI is InChI=1S/C12H13N5O/c1-8-10(11(18)15-12(13)14)7-17(16-8)9-5-3-2-4-6-9/h2-7H,1H3,(H4,13,14,15,18). The van der Waals surface area contributed by atoms with E-state index in [2.05, 4.69) is 10.4 Å². The number of nitrogens with one attached hydrogen (secondary N) is 2. The van der Waals surface area contributed by atoms with Crippen molar-refractivity contribution in [3.05, 3.63) is 47.8 Å². The number of carbonyl (C=O) groups is 1. The van der Waals surface area contributed by atoms with E-state index in [0.717, 1.165) is 5.69 Å². The molecule has 2 rings (SSSR count). The lowest BCUT2D eigenvalue weighted by Gasteiger charge is -2.00. The molecule has 0 saturated heterocycles. The Hall–Kier alpha value is -2.63. The summed E-state index contributed by atoms with van der Waals surface area (Å²) in [5.41, 5.74) is 6.96. The number of hydrogen-bond acceptors (Lipinski definition) is 3. The molecule has 0 fully saturated rings. The SMILES string of the molecule is Cc1nn(-c2ccccc2)cc1C(=O)NC(=N)N. The van der Waals surface area contributed by atoms with Crippen molar-refractivity contribution in [2.24, 2.45) is 5.73 Å². The molecule has 0 atom stereocenters. The van der Waals surface area contributed by atoms with Gasteiger partial charge in [0.25, 0.3) is 5.91 Å². The Morgan fingerprint density at radius 2 is 2.06 bits per heavy atom. The minimum absolute atomic E-state index is 0.383. The number of nitrogens with two attached hydrogens (primary N) is 1. The molecule has 6 heteroatoms. The van der Waals surface area contributed by atoms with Gasteiger partial charge in [0.15, 0.2) is 5.96 Å². The van der Waals surface area contributed by atoms with Crippen molar-refractivity contribution in [3.63, 3.8) is 0 Å². The molecule has 1 aromatic heterocycles. The third kappa shape index (κ3) is 2.37. The molecule has 2 aromatic rings. The van der Waals surface area contributed by atoms with E-state index >= 15 is 0 Å². The first-order valence-corrected chi connectivity index (χ1v) is 5.35. The molecule has 0 spiro atoms. The predicted octanol–water partition coefficient (Wildman–Crippen LogP) is 0.804. The van der Waals surface area contributed by atoms with E-state index in [9.17, 15) is 4.79 Å². The summed E-state index contributed by atoms with van der Waals surface area (Å²) in [6.45, 7) is 1.73. The highest BCUT2D eigenvalue weighted by molar-refractivity contribution is 6.04. The van der Waals surface area contributed by atoms with E-state index < -0.39 is 5.91 Å². The van der Waals surface area contributed by atoms with Crippen LogP contribution in [-0.4, -0.2) is 21.6 Å². The van der Waals surface area contributed by atoms with Crippen molar-refractivity contribution < 1.29 is 4.79 Å². The minimum atomic E-state index is -0.429. The number of para-hydroxylation sites is 1. The van der Waals surface area contributed by atoms with Crippen molar-refractivity contribution in [1.82, 2.24) is 15.1 Å². The molecular weight excluding hydrogens is 230 g/mol. The summed E-state index contributed by atoms with van der Waals surface area (Å²) < 4.78 is 1.62. The summed E-state index contributed by atoms with van der Waals surface area (Å²) in [4.78, 5) is 11.7. The Kier molecular flexibility index (Phi) is 3.09. The zero-order valence-electron chi connectivity index (χ0n) is 9.84. The smallest absolute Gasteiger partial charge is 0.261 e. The zero-order valence-corrected chi connectivity index (χ0v) is 9.84. The van der Waals surface area contributed by atoms with Crippen LogP contribution < -0.4 is 11.1 Å². The van der Waals surface area contributed by atoms with E-state index in [0.29, 0.717) is 11.3 Å². The number of nitrogens with zero attached hydrogens (tertiary/aromatic N) is 2. The van der Waals surface area contributed by atoms with Gasteiger partial charge in [-0.25, -0.2) is 4.68 Å². The number of hydrogen-bond donors (Lipinski definition) is 3. The van der Waals surface area contributed by atoms with Crippen LogP contribution in [0, 0.1) is 12.3 Å². The summed E-state index contributed by atoms with van der Waals surface area (Å²) in [6.07, 6.45) is 1.61. The fraction of sp³-hybridized carbons (Fsp3) is 0.0833. The van der Waals surface area contributed by atoms with Crippen LogP contribution in [0.4, 0.5) is 0 Å². The molecule has 0 unspecified atom stereocenters. The number of aromatic nitrogens is 2. The maximum atomic E-state index is 11.7. The van der Waals surface area contributed by atoms with Gasteiger partial charge in [-0.05, 0) is 19.1 Å². The lowest BCUT2D eigenvalue weighted by atomic mass is 10.2. The van der Waals surface area contributed by atoms with E-state index in [1.165, 1.54) is 0 Å². The molecule has 92 valence electrons. The lowest BCUT2D eigenvalue weighted by molar-refractivity contribution is 0.0976. The fourth-order valence-corrected chi connectivity index (χ4v) is 1.59. The zero-order chi connectivity index (χ0) is 13.1. The van der Waals surface area contributed by atoms with Gasteiger partial charge in [0.2, 0.25) is 0 Å². The number of carbonyl (C=O) groups excluding carboxylic acids is 1. The second-order valence-electron chi connectivity index (χ2n) is 3.78. The number of rotatable bonds is 2. The van der Waals surface area contributed by atoms with Crippen LogP contribution >= 0.6 is 0 Å². The van der Waals surface area contributed by atoms with E-state index in [-0.39, 0.29) is 5.96 Å². The maximum Gasteiger partial charge on any atom is 0.261 e. The van der Waals surface area contributed by atoms with Gasteiger partial charge in [-0.1, -0.05) is 18.2 Å². The van der Waals surface area contributed by atoms with Crippen LogP contribution in [0.15, 0.2) is 36.5 Å². The molecule has 1 amide bonds. The van der Waals surface area contributed by atoms with Gasteiger partial charge in [0, 0.05) is 6.20 Å². The highest BCUT2D eigenvalue weighted by atomic mass is 16.1. The lowest BCUT2D eigenvalue weighted by Crippen LogP contribution is -2.35. The summed E-state index contributed by atoms with van der Waals surface area (Å²) in [6, 6.07) is 9.46. The number of aryl methyl sites for hydroxylation is 1. The van der Waals surface area contributed by atoms with Crippen LogP contribution in [0.1, 0.15) is 16.1 Å². The highest BCUT2D eigenvalue weighted by Crippen LogP contribution is 2.11. The van der Waals surface area contributed by atoms with Crippen LogP contribution in [-0.2, 0) is 0 Å². The highest BCUT2D eigenvalue weighted by Gasteiger charge is 2.14. The average molecular weight is 243 g/mol. The quantitative estimate of drug-likeness (QED) is 0.537. The molecule has 18 heavy (non-hydrogen) atoms. The molecule has 6 nitrogen and oxygen atoms in total. The van der Waals surface area contributed by atoms with Gasteiger partial charge < -0.3 is 5.73 Å². The molecule has 4 N–H and O–H groups in total. The predicted molar refractivity (Wildman–Crippen MR) is 67.7 cm³/mol. The molecule has 0 radical (unpaired) electrons. The second-order valence-corrected chi connectivity index (χ2v) is 3.78. The summed E-state index contributed by atoms with van der Waals surface area (Å²) in [7, 11) is 0. The van der Waals surface area contributed by atoms with Crippen molar-refractivity contribution in [2.45, 2.75) is 6.92 Å². The first kappa shape index (κ1) is 11.8. The van der Waals surface area contributed by atoms with Crippen LogP contribution in [0.25, 0.3) is 5.69 Å². The van der Waals surface area contributed by atoms with Gasteiger partial charge in [-0.3, -0.25) is 15.5 Å². The molecule has 0 saturated carbocycles. The number of benzene rings is 1. The maximum absolute atomic E-state index is 11.7. The van der Waals surface area contributed by atoms with Crippen molar-refractivity contribution in [2.75, 3.05) is 0 Å². The molecule has 0 aliphatic heterocycles. The van der Waals surface area contributed by atoms with Crippen molar-refractivity contribution in [1.29, 1.82) is 5.41 Å². The Bertz CT molecular complexity index is 588. The molecule has 1 aromatic carbocycles. The van der Waals surface area contributed by atoms with E-state index in [1.807, 2.05) is 30.3 Å². The first-order chi connectivity index (χ1) is 8.58.